The molecule has 0 amide bonds. The zero-order chi connectivity index (χ0) is 26.3. The van der Waals surface area contributed by atoms with Crippen LogP contribution >= 0.6 is 11.3 Å². The number of halogens is 4. The van der Waals surface area contributed by atoms with E-state index in [2.05, 4.69) is 9.97 Å². The molecule has 0 spiro atoms. The van der Waals surface area contributed by atoms with E-state index in [1.807, 2.05) is 32.9 Å². The highest BCUT2D eigenvalue weighted by Crippen LogP contribution is 2.35. The predicted molar refractivity (Wildman–Crippen MR) is 129 cm³/mol. The normalized spacial score (nSPS) is 12.2. The van der Waals surface area contributed by atoms with Crippen molar-refractivity contribution in [3.05, 3.63) is 70.1 Å². The maximum atomic E-state index is 14.0. The van der Waals surface area contributed by atoms with Gasteiger partial charge in [0.1, 0.15) is 28.8 Å². The number of carbonyl (C=O) groups is 1. The van der Waals surface area contributed by atoms with Gasteiger partial charge in [0, 0.05) is 28.7 Å². The summed E-state index contributed by atoms with van der Waals surface area (Å²) in [5.74, 6) is -1.06. The second-order valence-electron chi connectivity index (χ2n) is 9.29. The molecular weight excluding hydrogens is 496 g/mol. The summed E-state index contributed by atoms with van der Waals surface area (Å²) in [5, 5.41) is 1.29. The molecule has 0 radical (unpaired) electrons. The SMILES string of the molecule is Cc1nc(-c2ccc(C(F)(F)F)c(F)c2)sc1COc1ccc2c(CC(=O)OC(C)(C)C)c[nH]c2c1. The number of alkyl halides is 3. The van der Waals surface area contributed by atoms with Crippen LogP contribution in [0.4, 0.5) is 17.6 Å². The van der Waals surface area contributed by atoms with E-state index in [9.17, 15) is 22.4 Å². The molecule has 10 heteroatoms. The Morgan fingerprint density at radius 3 is 2.53 bits per heavy atom. The van der Waals surface area contributed by atoms with Gasteiger partial charge >= 0.3 is 12.1 Å². The van der Waals surface area contributed by atoms with Gasteiger partial charge in [-0.15, -0.1) is 11.3 Å². The Morgan fingerprint density at radius 1 is 1.11 bits per heavy atom. The zero-order valence-electron chi connectivity index (χ0n) is 20.0. The summed E-state index contributed by atoms with van der Waals surface area (Å²) >= 11 is 1.23. The monoisotopic (exact) mass is 520 g/mol. The van der Waals surface area contributed by atoms with Gasteiger partial charge in [0.2, 0.25) is 0 Å². The number of fused-ring (bicyclic) bond motifs is 1. The number of nitrogens with zero attached hydrogens (tertiary/aromatic N) is 1. The molecule has 190 valence electrons. The quantitative estimate of drug-likeness (QED) is 0.215. The molecule has 0 bridgehead atoms. The van der Waals surface area contributed by atoms with Gasteiger partial charge in [0.15, 0.2) is 0 Å². The topological polar surface area (TPSA) is 64.2 Å². The molecule has 4 aromatic rings. The summed E-state index contributed by atoms with van der Waals surface area (Å²) < 4.78 is 63.8. The predicted octanol–water partition coefficient (Wildman–Crippen LogP) is 7.22. The van der Waals surface area contributed by atoms with Crippen LogP contribution < -0.4 is 4.74 Å². The number of hydrogen-bond acceptors (Lipinski definition) is 5. The molecule has 0 saturated carbocycles. The first-order valence-corrected chi connectivity index (χ1v) is 11.9. The molecule has 2 aromatic carbocycles. The fourth-order valence-electron chi connectivity index (χ4n) is 3.65. The average molecular weight is 521 g/mol. The van der Waals surface area contributed by atoms with Crippen LogP contribution in [0.15, 0.2) is 42.6 Å². The van der Waals surface area contributed by atoms with Gasteiger partial charge in [0.05, 0.1) is 22.6 Å². The Morgan fingerprint density at radius 2 is 1.86 bits per heavy atom. The lowest BCUT2D eigenvalue weighted by molar-refractivity contribution is -0.153. The van der Waals surface area contributed by atoms with Gasteiger partial charge in [-0.25, -0.2) is 9.37 Å². The van der Waals surface area contributed by atoms with E-state index in [1.54, 1.807) is 19.2 Å². The van der Waals surface area contributed by atoms with Crippen LogP contribution in [0.3, 0.4) is 0 Å². The second-order valence-corrected chi connectivity index (χ2v) is 10.4. The molecule has 0 fully saturated rings. The van der Waals surface area contributed by atoms with E-state index in [4.69, 9.17) is 9.47 Å². The van der Waals surface area contributed by atoms with Crippen molar-refractivity contribution >= 4 is 28.2 Å². The molecule has 0 aliphatic carbocycles. The van der Waals surface area contributed by atoms with Crippen molar-refractivity contribution in [1.82, 2.24) is 9.97 Å². The maximum Gasteiger partial charge on any atom is 0.419 e. The van der Waals surface area contributed by atoms with E-state index in [1.165, 1.54) is 17.4 Å². The third-order valence-corrected chi connectivity index (χ3v) is 6.46. The number of aromatic nitrogens is 2. The molecule has 0 aliphatic rings. The highest BCUT2D eigenvalue weighted by molar-refractivity contribution is 7.15. The largest absolute Gasteiger partial charge is 0.488 e. The minimum atomic E-state index is -4.75. The van der Waals surface area contributed by atoms with Crippen molar-refractivity contribution in [3.63, 3.8) is 0 Å². The standard InChI is InChI=1S/C26H24F4N2O3S/c1-14-22(36-24(32-14)15-5-8-19(20(27)9-15)26(28,29)30)13-34-17-6-7-18-16(12-31-21(18)11-17)10-23(33)35-25(2,3)4/h5-9,11-12,31H,10,13H2,1-4H3. The number of H-pyrrole nitrogens is 1. The van der Waals surface area contributed by atoms with Crippen molar-refractivity contribution in [3.8, 4) is 16.3 Å². The highest BCUT2D eigenvalue weighted by atomic mass is 32.1. The Labute approximate surface area is 209 Å². The molecule has 0 aliphatic heterocycles. The Balaban J connectivity index is 1.45. The first-order valence-electron chi connectivity index (χ1n) is 11.1. The van der Waals surface area contributed by atoms with E-state index < -0.39 is 23.2 Å². The van der Waals surface area contributed by atoms with Crippen LogP contribution in [0.5, 0.6) is 5.75 Å². The number of aryl methyl sites for hydroxylation is 1. The smallest absolute Gasteiger partial charge is 0.419 e. The van der Waals surface area contributed by atoms with Crippen LogP contribution in [0.1, 0.15) is 42.5 Å². The maximum absolute atomic E-state index is 14.0. The Hall–Kier alpha value is -3.40. The molecular formula is C26H24F4N2O3S. The van der Waals surface area contributed by atoms with Crippen LogP contribution in [0.2, 0.25) is 0 Å². The number of carbonyl (C=O) groups excluding carboxylic acids is 1. The number of hydrogen-bond donors (Lipinski definition) is 1. The van der Waals surface area contributed by atoms with Gasteiger partial charge in [-0.1, -0.05) is 6.07 Å². The number of rotatable bonds is 6. The van der Waals surface area contributed by atoms with Crippen molar-refractivity contribution < 1.29 is 31.8 Å². The molecule has 36 heavy (non-hydrogen) atoms. The van der Waals surface area contributed by atoms with Crippen molar-refractivity contribution in [2.75, 3.05) is 0 Å². The summed E-state index contributed by atoms with van der Waals surface area (Å²) in [4.78, 5) is 20.5. The molecule has 0 atom stereocenters. The van der Waals surface area contributed by atoms with Crippen molar-refractivity contribution in [1.29, 1.82) is 0 Å². The number of benzene rings is 2. The highest BCUT2D eigenvalue weighted by Gasteiger charge is 2.34. The molecule has 1 N–H and O–H groups in total. The minimum Gasteiger partial charge on any atom is -0.488 e. The van der Waals surface area contributed by atoms with Crippen molar-refractivity contribution in [2.24, 2.45) is 0 Å². The number of aromatic amines is 1. The Kier molecular flexibility index (Phi) is 6.83. The van der Waals surface area contributed by atoms with Gasteiger partial charge in [-0.2, -0.15) is 13.2 Å². The minimum absolute atomic E-state index is 0.144. The molecule has 2 heterocycles. The molecule has 5 nitrogen and oxygen atoms in total. The fraction of sp³-hybridized carbons (Fsp3) is 0.308. The number of esters is 1. The Bertz CT molecular complexity index is 1420. The third kappa shape index (κ3) is 5.87. The number of nitrogens with one attached hydrogen (secondary N) is 1. The van der Waals surface area contributed by atoms with E-state index in [-0.39, 0.29) is 24.6 Å². The van der Waals surface area contributed by atoms with E-state index >= 15 is 0 Å². The zero-order valence-corrected chi connectivity index (χ0v) is 20.9. The first kappa shape index (κ1) is 25.7. The number of ether oxygens (including phenoxy) is 2. The first-order chi connectivity index (χ1) is 16.8. The lowest BCUT2D eigenvalue weighted by Crippen LogP contribution is -2.24. The van der Waals surface area contributed by atoms with E-state index in [0.717, 1.165) is 33.5 Å². The molecule has 0 saturated heterocycles. The van der Waals surface area contributed by atoms with Gasteiger partial charge in [-0.05, 0) is 57.5 Å². The lowest BCUT2D eigenvalue weighted by atomic mass is 10.1. The van der Waals surface area contributed by atoms with E-state index in [0.29, 0.717) is 16.5 Å². The van der Waals surface area contributed by atoms with Crippen LogP contribution in [-0.4, -0.2) is 21.5 Å². The fourth-order valence-corrected chi connectivity index (χ4v) is 4.62. The summed E-state index contributed by atoms with van der Waals surface area (Å²) in [6.45, 7) is 7.40. The third-order valence-electron chi connectivity index (χ3n) is 5.28. The summed E-state index contributed by atoms with van der Waals surface area (Å²) in [6, 6.07) is 8.24. The molecule has 0 unspecified atom stereocenters. The summed E-state index contributed by atoms with van der Waals surface area (Å²) in [7, 11) is 0. The summed E-state index contributed by atoms with van der Waals surface area (Å²) in [5.41, 5.74) is 0.670. The van der Waals surface area contributed by atoms with Crippen LogP contribution in [0, 0.1) is 12.7 Å². The average Bonchev–Trinajstić information content (AvgIpc) is 3.32. The van der Waals surface area contributed by atoms with Gasteiger partial charge in [0.25, 0.3) is 0 Å². The van der Waals surface area contributed by atoms with Crippen LogP contribution in [-0.2, 0) is 28.7 Å². The molecule has 2 aromatic heterocycles. The molecule has 4 rings (SSSR count). The van der Waals surface area contributed by atoms with Crippen molar-refractivity contribution in [2.45, 2.75) is 52.5 Å². The second kappa shape index (κ2) is 9.57. The lowest BCUT2D eigenvalue weighted by Gasteiger charge is -2.19. The number of thiazole rings is 1. The summed E-state index contributed by atoms with van der Waals surface area (Å²) in [6.07, 6.45) is -2.84. The van der Waals surface area contributed by atoms with Gasteiger partial charge < -0.3 is 14.5 Å². The van der Waals surface area contributed by atoms with Crippen LogP contribution in [0.25, 0.3) is 21.5 Å². The van der Waals surface area contributed by atoms with Gasteiger partial charge in [-0.3, -0.25) is 4.79 Å².